The lowest BCUT2D eigenvalue weighted by Gasteiger charge is -2.07. The predicted molar refractivity (Wildman–Crippen MR) is 69.4 cm³/mol. The fraction of sp³-hybridized carbons (Fsp3) is 0.143. The van der Waals surface area contributed by atoms with Gasteiger partial charge in [-0.05, 0) is 29.8 Å². The van der Waals surface area contributed by atoms with Gasteiger partial charge in [0.1, 0.15) is 17.6 Å². The van der Waals surface area contributed by atoms with E-state index in [2.05, 4.69) is 15.0 Å². The third kappa shape index (κ3) is 3.92. The Labute approximate surface area is 114 Å². The molecule has 0 bridgehead atoms. The fourth-order valence-electron chi connectivity index (χ4n) is 1.55. The van der Waals surface area contributed by atoms with Crippen LogP contribution in [0.15, 0.2) is 42.6 Å². The highest BCUT2D eigenvalue weighted by molar-refractivity contribution is 5.40. The summed E-state index contributed by atoms with van der Waals surface area (Å²) in [5, 5.41) is 11.7. The third-order valence-corrected chi connectivity index (χ3v) is 2.51. The maximum atomic E-state index is 12.0. The van der Waals surface area contributed by atoms with Gasteiger partial charge in [0.05, 0.1) is 5.56 Å². The van der Waals surface area contributed by atoms with Gasteiger partial charge in [-0.15, -0.1) is 0 Å². The molecule has 0 aliphatic rings. The summed E-state index contributed by atoms with van der Waals surface area (Å²) >= 11 is 0. The van der Waals surface area contributed by atoms with E-state index in [1.807, 2.05) is 6.07 Å². The number of anilines is 1. The number of hydrogen-bond donors (Lipinski definition) is 1. The van der Waals surface area contributed by atoms with Crippen LogP contribution in [0.4, 0.5) is 14.6 Å². The van der Waals surface area contributed by atoms with Crippen LogP contribution in [-0.2, 0) is 6.54 Å². The summed E-state index contributed by atoms with van der Waals surface area (Å²) in [6.45, 7) is -2.32. The second-order valence-electron chi connectivity index (χ2n) is 3.92. The summed E-state index contributed by atoms with van der Waals surface area (Å²) in [6, 6.07) is 11.7. The highest BCUT2D eigenvalue weighted by Crippen LogP contribution is 2.15. The van der Waals surface area contributed by atoms with Crippen molar-refractivity contribution in [2.24, 2.45) is 0 Å². The molecule has 0 aliphatic heterocycles. The SMILES string of the molecule is N#Cc1ccc(NCc2ccc(OC(F)F)cc2)nc1. The first kappa shape index (κ1) is 13.7. The summed E-state index contributed by atoms with van der Waals surface area (Å²) in [4.78, 5) is 4.06. The molecule has 0 atom stereocenters. The van der Waals surface area contributed by atoms with Gasteiger partial charge in [0, 0.05) is 12.7 Å². The molecule has 1 aromatic carbocycles. The van der Waals surface area contributed by atoms with E-state index in [4.69, 9.17) is 5.26 Å². The van der Waals surface area contributed by atoms with Crippen LogP contribution in [0.3, 0.4) is 0 Å². The van der Waals surface area contributed by atoms with Gasteiger partial charge in [0.25, 0.3) is 0 Å². The van der Waals surface area contributed by atoms with Crippen molar-refractivity contribution >= 4 is 5.82 Å². The monoisotopic (exact) mass is 275 g/mol. The molecule has 1 aromatic heterocycles. The first-order valence-electron chi connectivity index (χ1n) is 5.81. The van der Waals surface area contributed by atoms with Crippen molar-refractivity contribution < 1.29 is 13.5 Å². The number of benzene rings is 1. The molecular weight excluding hydrogens is 264 g/mol. The minimum atomic E-state index is -2.82. The largest absolute Gasteiger partial charge is 0.435 e. The zero-order chi connectivity index (χ0) is 14.4. The molecule has 0 saturated carbocycles. The molecule has 0 fully saturated rings. The van der Waals surface area contributed by atoms with Crippen molar-refractivity contribution in [2.75, 3.05) is 5.32 Å². The normalized spacial score (nSPS) is 10.1. The minimum Gasteiger partial charge on any atom is -0.435 e. The average molecular weight is 275 g/mol. The average Bonchev–Trinajstić information content (AvgIpc) is 2.46. The Hall–Kier alpha value is -2.68. The summed E-state index contributed by atoms with van der Waals surface area (Å²) < 4.78 is 28.2. The lowest BCUT2D eigenvalue weighted by atomic mass is 10.2. The van der Waals surface area contributed by atoms with E-state index < -0.39 is 6.61 Å². The van der Waals surface area contributed by atoms with Crippen LogP contribution in [0.2, 0.25) is 0 Å². The molecule has 102 valence electrons. The number of pyridine rings is 1. The van der Waals surface area contributed by atoms with Crippen LogP contribution in [0.1, 0.15) is 11.1 Å². The maximum absolute atomic E-state index is 12.0. The van der Waals surface area contributed by atoms with E-state index in [-0.39, 0.29) is 5.75 Å². The third-order valence-electron chi connectivity index (χ3n) is 2.51. The zero-order valence-electron chi connectivity index (χ0n) is 10.4. The number of ether oxygens (including phenoxy) is 1. The van der Waals surface area contributed by atoms with Crippen molar-refractivity contribution in [1.29, 1.82) is 5.26 Å². The summed E-state index contributed by atoms with van der Waals surface area (Å²) in [7, 11) is 0. The molecule has 20 heavy (non-hydrogen) atoms. The lowest BCUT2D eigenvalue weighted by molar-refractivity contribution is -0.0498. The van der Waals surface area contributed by atoms with Crippen LogP contribution in [0, 0.1) is 11.3 Å². The first-order chi connectivity index (χ1) is 9.67. The lowest BCUT2D eigenvalue weighted by Crippen LogP contribution is -2.03. The Morgan fingerprint density at radius 3 is 2.50 bits per heavy atom. The standard InChI is InChI=1S/C14H11F2N3O/c15-14(16)20-12-4-1-10(2-5-12)8-18-13-6-3-11(7-17)9-19-13/h1-6,9,14H,8H2,(H,18,19). The smallest absolute Gasteiger partial charge is 0.387 e. The molecule has 1 N–H and O–H groups in total. The van der Waals surface area contributed by atoms with E-state index in [1.54, 1.807) is 24.3 Å². The van der Waals surface area contributed by atoms with E-state index >= 15 is 0 Å². The molecule has 0 radical (unpaired) electrons. The molecule has 6 heteroatoms. The number of nitriles is 1. The van der Waals surface area contributed by atoms with Crippen LogP contribution in [0.5, 0.6) is 5.75 Å². The van der Waals surface area contributed by atoms with Gasteiger partial charge in [-0.25, -0.2) is 4.98 Å². The van der Waals surface area contributed by atoms with Crippen molar-refractivity contribution in [3.8, 4) is 11.8 Å². The molecule has 0 spiro atoms. The highest BCUT2D eigenvalue weighted by Gasteiger charge is 2.03. The van der Waals surface area contributed by atoms with Gasteiger partial charge in [0.15, 0.2) is 0 Å². The number of alkyl halides is 2. The predicted octanol–water partition coefficient (Wildman–Crippen LogP) is 3.17. The molecule has 2 aromatic rings. The fourth-order valence-corrected chi connectivity index (χ4v) is 1.55. The molecule has 0 unspecified atom stereocenters. The summed E-state index contributed by atoms with van der Waals surface area (Å²) in [5.74, 6) is 0.761. The number of halogens is 2. The van der Waals surface area contributed by atoms with E-state index in [0.717, 1.165) is 5.56 Å². The van der Waals surface area contributed by atoms with Gasteiger partial charge < -0.3 is 10.1 Å². The number of hydrogen-bond acceptors (Lipinski definition) is 4. The Balaban J connectivity index is 1.91. The summed E-state index contributed by atoms with van der Waals surface area (Å²) in [5.41, 5.74) is 1.39. The first-order valence-corrected chi connectivity index (χ1v) is 5.81. The Bertz CT molecular complexity index is 591. The van der Waals surface area contributed by atoms with Crippen LogP contribution in [-0.4, -0.2) is 11.6 Å². The van der Waals surface area contributed by atoms with E-state index in [1.165, 1.54) is 18.3 Å². The molecule has 0 amide bonds. The Kier molecular flexibility index (Phi) is 4.45. The van der Waals surface area contributed by atoms with E-state index in [9.17, 15) is 8.78 Å². The Morgan fingerprint density at radius 1 is 1.20 bits per heavy atom. The Morgan fingerprint density at radius 2 is 1.95 bits per heavy atom. The second kappa shape index (κ2) is 6.48. The molecule has 0 saturated heterocycles. The van der Waals surface area contributed by atoms with Crippen LogP contribution < -0.4 is 10.1 Å². The van der Waals surface area contributed by atoms with E-state index in [0.29, 0.717) is 17.9 Å². The number of nitrogens with one attached hydrogen (secondary N) is 1. The molecular formula is C14H11F2N3O. The highest BCUT2D eigenvalue weighted by atomic mass is 19.3. The van der Waals surface area contributed by atoms with Crippen molar-refractivity contribution in [3.63, 3.8) is 0 Å². The van der Waals surface area contributed by atoms with Gasteiger partial charge in [-0.1, -0.05) is 12.1 Å². The van der Waals surface area contributed by atoms with Crippen molar-refractivity contribution in [1.82, 2.24) is 4.98 Å². The maximum Gasteiger partial charge on any atom is 0.387 e. The van der Waals surface area contributed by atoms with Gasteiger partial charge in [0.2, 0.25) is 0 Å². The number of aromatic nitrogens is 1. The van der Waals surface area contributed by atoms with Crippen LogP contribution in [0.25, 0.3) is 0 Å². The molecule has 2 rings (SSSR count). The summed E-state index contributed by atoms with van der Waals surface area (Å²) in [6.07, 6.45) is 1.47. The minimum absolute atomic E-state index is 0.125. The van der Waals surface area contributed by atoms with Gasteiger partial charge >= 0.3 is 6.61 Å². The van der Waals surface area contributed by atoms with Gasteiger partial charge in [-0.2, -0.15) is 14.0 Å². The quantitative estimate of drug-likeness (QED) is 0.910. The number of nitrogens with zero attached hydrogens (tertiary/aromatic N) is 2. The molecule has 0 aliphatic carbocycles. The zero-order valence-corrected chi connectivity index (χ0v) is 10.4. The molecule has 1 heterocycles. The molecule has 4 nitrogen and oxygen atoms in total. The van der Waals surface area contributed by atoms with Gasteiger partial charge in [-0.3, -0.25) is 0 Å². The number of rotatable bonds is 5. The second-order valence-corrected chi connectivity index (χ2v) is 3.92. The van der Waals surface area contributed by atoms with Crippen molar-refractivity contribution in [2.45, 2.75) is 13.2 Å². The van der Waals surface area contributed by atoms with Crippen LogP contribution >= 0.6 is 0 Å². The topological polar surface area (TPSA) is 57.9 Å². The van der Waals surface area contributed by atoms with Crippen molar-refractivity contribution in [3.05, 3.63) is 53.7 Å².